The van der Waals surface area contributed by atoms with Crippen molar-refractivity contribution in [1.29, 1.82) is 0 Å². The molecule has 0 saturated carbocycles. The molecule has 0 N–H and O–H groups in total. The average molecular weight is 317 g/mol. The highest BCUT2D eigenvalue weighted by Crippen LogP contribution is 2.24. The van der Waals surface area contributed by atoms with Gasteiger partial charge in [-0.25, -0.2) is 9.97 Å². The number of aromatic nitrogens is 2. The van der Waals surface area contributed by atoms with Crippen LogP contribution in [0.25, 0.3) is 0 Å². The molecule has 0 aromatic carbocycles. The number of thiophene rings is 1. The van der Waals surface area contributed by atoms with E-state index in [2.05, 4.69) is 9.97 Å². The Labute approximate surface area is 134 Å². The zero-order valence-electron chi connectivity index (χ0n) is 12.8. The number of hydrogen-bond donors (Lipinski definition) is 0. The molecule has 22 heavy (non-hydrogen) atoms. The summed E-state index contributed by atoms with van der Waals surface area (Å²) < 4.78 is 5.78. The summed E-state index contributed by atoms with van der Waals surface area (Å²) in [6.07, 6.45) is 3.09. The fourth-order valence-corrected chi connectivity index (χ4v) is 3.22. The summed E-state index contributed by atoms with van der Waals surface area (Å²) in [7, 11) is 0. The van der Waals surface area contributed by atoms with Gasteiger partial charge in [0.05, 0.1) is 17.4 Å². The van der Waals surface area contributed by atoms with E-state index < -0.39 is 0 Å². The Hall–Kier alpha value is -1.95. The van der Waals surface area contributed by atoms with E-state index in [0.29, 0.717) is 19.0 Å². The molecule has 1 aliphatic rings. The Bertz CT molecular complexity index is 655. The number of fused-ring (bicyclic) bond motifs is 1. The Balaban J connectivity index is 1.79. The van der Waals surface area contributed by atoms with Gasteiger partial charge in [0.25, 0.3) is 5.91 Å². The van der Waals surface area contributed by atoms with Crippen molar-refractivity contribution in [3.63, 3.8) is 0 Å². The van der Waals surface area contributed by atoms with Crippen molar-refractivity contribution in [3.05, 3.63) is 40.0 Å². The lowest BCUT2D eigenvalue weighted by atomic mass is 10.1. The van der Waals surface area contributed by atoms with Crippen LogP contribution in [0.4, 0.5) is 0 Å². The highest BCUT2D eigenvalue weighted by molar-refractivity contribution is 7.08. The molecule has 0 spiro atoms. The van der Waals surface area contributed by atoms with Gasteiger partial charge in [0.1, 0.15) is 6.33 Å². The van der Waals surface area contributed by atoms with Gasteiger partial charge in [-0.05, 0) is 31.7 Å². The first-order chi connectivity index (χ1) is 10.6. The third-order valence-electron chi connectivity index (χ3n) is 3.65. The molecule has 6 heteroatoms. The van der Waals surface area contributed by atoms with Crippen molar-refractivity contribution in [3.8, 4) is 5.88 Å². The van der Waals surface area contributed by atoms with Crippen LogP contribution in [0.5, 0.6) is 5.88 Å². The molecule has 1 aliphatic heterocycles. The van der Waals surface area contributed by atoms with Gasteiger partial charge >= 0.3 is 0 Å². The fourth-order valence-electron chi connectivity index (χ4n) is 2.59. The number of amides is 1. The number of ether oxygens (including phenoxy) is 1. The van der Waals surface area contributed by atoms with Gasteiger partial charge in [-0.2, -0.15) is 11.3 Å². The van der Waals surface area contributed by atoms with Gasteiger partial charge in [0.2, 0.25) is 5.88 Å². The number of rotatable bonds is 3. The van der Waals surface area contributed by atoms with Crippen molar-refractivity contribution < 1.29 is 9.53 Å². The van der Waals surface area contributed by atoms with E-state index in [4.69, 9.17) is 4.74 Å². The third kappa shape index (κ3) is 3.11. The topological polar surface area (TPSA) is 55.3 Å². The Kier molecular flexibility index (Phi) is 4.38. The number of carbonyl (C=O) groups excluding carboxylic acids is 1. The molecule has 5 nitrogen and oxygen atoms in total. The maximum absolute atomic E-state index is 12.5. The molecule has 2 aromatic rings. The van der Waals surface area contributed by atoms with E-state index in [0.717, 1.165) is 29.7 Å². The van der Waals surface area contributed by atoms with E-state index >= 15 is 0 Å². The minimum Gasteiger partial charge on any atom is -0.475 e. The zero-order valence-corrected chi connectivity index (χ0v) is 13.6. The number of carbonyl (C=O) groups is 1. The van der Waals surface area contributed by atoms with Gasteiger partial charge < -0.3 is 9.64 Å². The molecule has 116 valence electrons. The van der Waals surface area contributed by atoms with Crippen molar-refractivity contribution in [2.75, 3.05) is 13.1 Å². The maximum atomic E-state index is 12.5. The summed E-state index contributed by atoms with van der Waals surface area (Å²) >= 11 is 1.54. The van der Waals surface area contributed by atoms with Crippen molar-refractivity contribution in [1.82, 2.24) is 14.9 Å². The van der Waals surface area contributed by atoms with Crippen molar-refractivity contribution in [2.45, 2.75) is 32.8 Å². The van der Waals surface area contributed by atoms with Gasteiger partial charge in [-0.3, -0.25) is 4.79 Å². The third-order valence-corrected chi connectivity index (χ3v) is 4.33. The average Bonchev–Trinajstić information content (AvgIpc) is 2.93. The minimum absolute atomic E-state index is 0.0748. The van der Waals surface area contributed by atoms with E-state index in [1.54, 1.807) is 17.7 Å². The largest absolute Gasteiger partial charge is 0.475 e. The number of nitrogens with zero attached hydrogens (tertiary/aromatic N) is 3. The molecule has 0 bridgehead atoms. The molecule has 0 saturated heterocycles. The highest BCUT2D eigenvalue weighted by Gasteiger charge is 2.23. The minimum atomic E-state index is 0.0748. The van der Waals surface area contributed by atoms with Crippen LogP contribution >= 0.6 is 11.3 Å². The summed E-state index contributed by atoms with van der Waals surface area (Å²) in [6.45, 7) is 5.32. The first-order valence-corrected chi connectivity index (χ1v) is 8.40. The summed E-state index contributed by atoms with van der Waals surface area (Å²) in [5.74, 6) is 0.748. The molecule has 1 amide bonds. The normalized spacial score (nSPS) is 14.6. The summed E-state index contributed by atoms with van der Waals surface area (Å²) in [6, 6.07) is 1.87. The fraction of sp³-hybridized carbons (Fsp3) is 0.438. The Morgan fingerprint density at radius 2 is 2.14 bits per heavy atom. The van der Waals surface area contributed by atoms with Crippen LogP contribution in [-0.2, 0) is 12.8 Å². The predicted octanol–water partition coefficient (Wildman–Crippen LogP) is 2.57. The van der Waals surface area contributed by atoms with Gasteiger partial charge in [0.15, 0.2) is 0 Å². The second-order valence-electron chi connectivity index (χ2n) is 5.57. The van der Waals surface area contributed by atoms with Crippen molar-refractivity contribution in [2.24, 2.45) is 0 Å². The van der Waals surface area contributed by atoms with Crippen LogP contribution in [0, 0.1) is 0 Å². The Morgan fingerprint density at radius 1 is 1.32 bits per heavy atom. The predicted molar refractivity (Wildman–Crippen MR) is 85.4 cm³/mol. The first-order valence-electron chi connectivity index (χ1n) is 7.46. The lowest BCUT2D eigenvalue weighted by Gasteiger charge is -2.19. The van der Waals surface area contributed by atoms with Crippen molar-refractivity contribution >= 4 is 17.2 Å². The zero-order chi connectivity index (χ0) is 15.5. The van der Waals surface area contributed by atoms with Crippen LogP contribution in [-0.4, -0.2) is 40.0 Å². The van der Waals surface area contributed by atoms with Crippen LogP contribution in [0.2, 0.25) is 0 Å². The second-order valence-corrected chi connectivity index (χ2v) is 6.35. The highest BCUT2D eigenvalue weighted by atomic mass is 32.1. The van der Waals surface area contributed by atoms with Crippen LogP contribution in [0.15, 0.2) is 23.2 Å². The summed E-state index contributed by atoms with van der Waals surface area (Å²) in [5.41, 5.74) is 2.80. The second kappa shape index (κ2) is 6.44. The summed E-state index contributed by atoms with van der Waals surface area (Å²) in [4.78, 5) is 23.0. The van der Waals surface area contributed by atoms with Gasteiger partial charge in [-0.1, -0.05) is 0 Å². The molecule has 2 aromatic heterocycles. The number of hydrogen-bond acceptors (Lipinski definition) is 5. The first kappa shape index (κ1) is 15.0. The van der Waals surface area contributed by atoms with E-state index in [-0.39, 0.29) is 12.0 Å². The molecule has 0 radical (unpaired) electrons. The molecule has 0 fully saturated rings. The Morgan fingerprint density at radius 3 is 2.86 bits per heavy atom. The summed E-state index contributed by atoms with van der Waals surface area (Å²) in [5, 5.41) is 3.83. The maximum Gasteiger partial charge on any atom is 0.254 e. The smallest absolute Gasteiger partial charge is 0.254 e. The van der Waals surface area contributed by atoms with Crippen LogP contribution in [0.1, 0.15) is 35.5 Å². The molecule has 0 aliphatic carbocycles. The molecular weight excluding hydrogens is 298 g/mol. The van der Waals surface area contributed by atoms with Gasteiger partial charge in [0, 0.05) is 30.5 Å². The van der Waals surface area contributed by atoms with E-state index in [9.17, 15) is 4.79 Å². The van der Waals surface area contributed by atoms with Crippen LogP contribution < -0.4 is 4.74 Å². The molecule has 0 unspecified atom stereocenters. The van der Waals surface area contributed by atoms with E-state index in [1.165, 1.54) is 0 Å². The van der Waals surface area contributed by atoms with Gasteiger partial charge in [-0.15, -0.1) is 0 Å². The lowest BCUT2D eigenvalue weighted by molar-refractivity contribution is 0.0763. The quantitative estimate of drug-likeness (QED) is 0.873. The molecule has 0 atom stereocenters. The molecule has 3 rings (SSSR count). The molecule has 3 heterocycles. The van der Waals surface area contributed by atoms with Crippen LogP contribution in [0.3, 0.4) is 0 Å². The SMILES string of the molecule is CC(C)Oc1ncnc2c1CCN(C(=O)c1ccsc1)CC2. The monoisotopic (exact) mass is 317 g/mol. The lowest BCUT2D eigenvalue weighted by Crippen LogP contribution is -2.33. The standard InChI is InChI=1S/C16H19N3O2S/c1-11(2)21-15-13-3-6-19(7-4-14(13)17-10-18-15)16(20)12-5-8-22-9-12/h5,8-11H,3-4,6-7H2,1-2H3. The van der Waals surface area contributed by atoms with E-state index in [1.807, 2.05) is 35.6 Å². The molecular formula is C16H19N3O2S.